The summed E-state index contributed by atoms with van der Waals surface area (Å²) in [4.78, 5) is 49.3. The van der Waals surface area contributed by atoms with E-state index in [1.807, 2.05) is 30.3 Å². The second-order valence-electron chi connectivity index (χ2n) is 9.40. The number of hydrogen-bond donors (Lipinski definition) is 2. The average Bonchev–Trinajstić information content (AvgIpc) is 3.51. The van der Waals surface area contributed by atoms with Crippen LogP contribution >= 0.6 is 22.7 Å². The molecule has 5 rings (SSSR count). The summed E-state index contributed by atoms with van der Waals surface area (Å²) in [5, 5.41) is 3.88. The number of nitrogens with two attached hydrogens (primary N) is 1. The number of anilines is 1. The van der Waals surface area contributed by atoms with Gasteiger partial charge in [-0.2, -0.15) is 0 Å². The van der Waals surface area contributed by atoms with E-state index in [0.717, 1.165) is 59.6 Å². The van der Waals surface area contributed by atoms with Crippen molar-refractivity contribution in [3.63, 3.8) is 0 Å². The minimum atomic E-state index is -0.619. The number of nitrogens with one attached hydrogen (secondary N) is 1. The van der Waals surface area contributed by atoms with Gasteiger partial charge in [-0.3, -0.25) is 23.9 Å². The highest BCUT2D eigenvalue weighted by Gasteiger charge is 2.24. The molecule has 0 atom stereocenters. The third-order valence-electron chi connectivity index (χ3n) is 7.02. The first-order valence-corrected chi connectivity index (χ1v) is 14.6. The molecule has 1 aliphatic carbocycles. The van der Waals surface area contributed by atoms with Gasteiger partial charge in [-0.1, -0.05) is 44.2 Å². The molecule has 3 aromatic heterocycles. The van der Waals surface area contributed by atoms with Crippen molar-refractivity contribution in [2.75, 3.05) is 18.4 Å². The van der Waals surface area contributed by atoms with Crippen molar-refractivity contribution in [3.8, 4) is 10.4 Å². The van der Waals surface area contributed by atoms with Gasteiger partial charge in [-0.25, -0.2) is 4.98 Å². The van der Waals surface area contributed by atoms with E-state index in [0.29, 0.717) is 22.8 Å². The van der Waals surface area contributed by atoms with Crippen LogP contribution in [-0.4, -0.2) is 39.4 Å². The van der Waals surface area contributed by atoms with E-state index in [1.54, 1.807) is 17.4 Å². The highest BCUT2D eigenvalue weighted by Crippen LogP contribution is 2.36. The number of fused-ring (bicyclic) bond motifs is 3. The number of amides is 2. The van der Waals surface area contributed by atoms with Gasteiger partial charge in [-0.15, -0.1) is 22.7 Å². The van der Waals surface area contributed by atoms with Crippen LogP contribution in [0.2, 0.25) is 0 Å². The molecule has 0 bridgehead atoms. The summed E-state index contributed by atoms with van der Waals surface area (Å²) in [6.07, 6.45) is 4.02. The second-order valence-corrected chi connectivity index (χ2v) is 11.5. The molecule has 3 N–H and O–H groups in total. The minimum Gasteiger partial charge on any atom is -0.366 e. The lowest BCUT2D eigenvalue weighted by atomic mass is 9.97. The predicted molar refractivity (Wildman–Crippen MR) is 154 cm³/mol. The van der Waals surface area contributed by atoms with E-state index in [1.165, 1.54) is 20.8 Å². The number of thiophene rings is 2. The largest absolute Gasteiger partial charge is 0.366 e. The van der Waals surface area contributed by atoms with Gasteiger partial charge in [0.05, 0.1) is 17.5 Å². The zero-order chi connectivity index (χ0) is 26.8. The molecule has 3 heterocycles. The standard InChI is InChI=1S/C28H31N5O3S2/c1-3-32(4-2)15-22-30-27-24(18-12-8-9-13-20(18)37-27)28(36)33(22)16-23(34)31-26-19(25(29)35)14-21(38-26)17-10-6-5-7-11-17/h5-7,10-11,14H,3-4,8-9,12-13,15-16H2,1-2H3,(H2,29,35)(H,31,34). The van der Waals surface area contributed by atoms with Gasteiger partial charge in [0.1, 0.15) is 22.2 Å². The summed E-state index contributed by atoms with van der Waals surface area (Å²) in [5.74, 6) is -0.445. The van der Waals surface area contributed by atoms with Crippen LogP contribution in [0.1, 0.15) is 53.3 Å². The van der Waals surface area contributed by atoms with Crippen LogP contribution < -0.4 is 16.6 Å². The van der Waals surface area contributed by atoms with E-state index in [-0.39, 0.29) is 17.7 Å². The lowest BCUT2D eigenvalue weighted by molar-refractivity contribution is -0.116. The maximum Gasteiger partial charge on any atom is 0.263 e. The summed E-state index contributed by atoms with van der Waals surface area (Å²) < 4.78 is 1.51. The van der Waals surface area contributed by atoms with Gasteiger partial charge in [0.25, 0.3) is 11.5 Å². The van der Waals surface area contributed by atoms with Crippen LogP contribution in [-0.2, 0) is 30.7 Å². The Hall–Kier alpha value is -3.34. The van der Waals surface area contributed by atoms with E-state index >= 15 is 0 Å². The molecule has 1 aliphatic rings. The molecule has 0 fully saturated rings. The van der Waals surface area contributed by atoms with Gasteiger partial charge >= 0.3 is 0 Å². The molecule has 10 heteroatoms. The summed E-state index contributed by atoms with van der Waals surface area (Å²) in [6.45, 7) is 6.01. The predicted octanol–water partition coefficient (Wildman–Crippen LogP) is 4.64. The fourth-order valence-electron chi connectivity index (χ4n) is 4.93. The molecule has 4 aromatic rings. The summed E-state index contributed by atoms with van der Waals surface area (Å²) in [6, 6.07) is 11.3. The Kier molecular flexibility index (Phi) is 7.73. The Balaban J connectivity index is 1.51. The molecular weight excluding hydrogens is 518 g/mol. The number of carbonyl (C=O) groups excluding carboxylic acids is 2. The van der Waals surface area contributed by atoms with Crippen molar-refractivity contribution in [2.24, 2.45) is 5.73 Å². The van der Waals surface area contributed by atoms with E-state index in [2.05, 4.69) is 24.1 Å². The molecule has 1 aromatic carbocycles. The highest BCUT2D eigenvalue weighted by molar-refractivity contribution is 7.20. The minimum absolute atomic E-state index is 0.169. The van der Waals surface area contributed by atoms with Crippen molar-refractivity contribution in [1.82, 2.24) is 14.5 Å². The molecule has 38 heavy (non-hydrogen) atoms. The summed E-state index contributed by atoms with van der Waals surface area (Å²) >= 11 is 2.90. The molecule has 0 spiro atoms. The fourth-order valence-corrected chi connectivity index (χ4v) is 7.29. The van der Waals surface area contributed by atoms with E-state index < -0.39 is 11.8 Å². The maximum atomic E-state index is 13.9. The van der Waals surface area contributed by atoms with Gasteiger partial charge < -0.3 is 11.1 Å². The number of aromatic nitrogens is 2. The molecular formula is C28H31N5O3S2. The van der Waals surface area contributed by atoms with Crippen LogP contribution in [0.5, 0.6) is 0 Å². The number of benzene rings is 1. The highest BCUT2D eigenvalue weighted by atomic mass is 32.1. The molecule has 2 amide bonds. The lowest BCUT2D eigenvalue weighted by Gasteiger charge is -2.20. The van der Waals surface area contributed by atoms with Gasteiger partial charge in [0.15, 0.2) is 0 Å². The Labute approximate surface area is 229 Å². The van der Waals surface area contributed by atoms with Crippen molar-refractivity contribution in [1.29, 1.82) is 0 Å². The second kappa shape index (κ2) is 11.2. The molecule has 198 valence electrons. The van der Waals surface area contributed by atoms with Gasteiger partial charge in [-0.05, 0) is 56.0 Å². The molecule has 8 nitrogen and oxygen atoms in total. The van der Waals surface area contributed by atoms with Crippen LogP contribution in [0.4, 0.5) is 5.00 Å². The van der Waals surface area contributed by atoms with Crippen LogP contribution in [0.25, 0.3) is 20.7 Å². The SMILES string of the molecule is CCN(CC)Cc1nc2sc3c(c2c(=O)n1CC(=O)Nc1sc(-c2ccccc2)cc1C(N)=O)CCCC3. The van der Waals surface area contributed by atoms with Crippen LogP contribution in [0.15, 0.2) is 41.2 Å². The van der Waals surface area contributed by atoms with Gasteiger partial charge in [0.2, 0.25) is 5.91 Å². The Morgan fingerprint density at radius 2 is 1.84 bits per heavy atom. The summed E-state index contributed by atoms with van der Waals surface area (Å²) in [5.41, 5.74) is 7.73. The smallest absolute Gasteiger partial charge is 0.263 e. The first-order valence-electron chi connectivity index (χ1n) is 12.9. The molecule has 0 unspecified atom stereocenters. The maximum absolute atomic E-state index is 13.9. The molecule has 0 saturated carbocycles. The zero-order valence-corrected chi connectivity index (χ0v) is 23.2. The normalized spacial score (nSPS) is 13.1. The fraction of sp³-hybridized carbons (Fsp3) is 0.357. The number of rotatable bonds is 9. The van der Waals surface area contributed by atoms with Crippen molar-refractivity contribution < 1.29 is 9.59 Å². The number of aryl methyl sites for hydroxylation is 2. The van der Waals surface area contributed by atoms with Gasteiger partial charge in [0, 0.05) is 9.75 Å². The van der Waals surface area contributed by atoms with Crippen molar-refractivity contribution in [3.05, 3.63) is 68.6 Å². The van der Waals surface area contributed by atoms with Crippen LogP contribution in [0, 0.1) is 0 Å². The Bertz CT molecular complexity index is 1550. The number of carbonyl (C=O) groups is 2. The van der Waals surface area contributed by atoms with Crippen LogP contribution in [0.3, 0.4) is 0 Å². The topological polar surface area (TPSA) is 110 Å². The monoisotopic (exact) mass is 549 g/mol. The zero-order valence-electron chi connectivity index (χ0n) is 21.6. The van der Waals surface area contributed by atoms with Crippen molar-refractivity contribution in [2.45, 2.75) is 52.6 Å². The quantitative estimate of drug-likeness (QED) is 0.316. The van der Waals surface area contributed by atoms with E-state index in [9.17, 15) is 14.4 Å². The molecule has 0 aliphatic heterocycles. The Morgan fingerprint density at radius 3 is 2.55 bits per heavy atom. The molecule has 0 saturated heterocycles. The first-order chi connectivity index (χ1) is 18.4. The average molecular weight is 550 g/mol. The van der Waals surface area contributed by atoms with Crippen molar-refractivity contribution >= 4 is 49.7 Å². The third-order valence-corrected chi connectivity index (χ3v) is 9.31. The Morgan fingerprint density at radius 1 is 1.11 bits per heavy atom. The summed E-state index contributed by atoms with van der Waals surface area (Å²) in [7, 11) is 0. The van der Waals surface area contributed by atoms with E-state index in [4.69, 9.17) is 10.7 Å². The lowest BCUT2D eigenvalue weighted by Crippen LogP contribution is -2.34. The third kappa shape index (κ3) is 5.16. The number of hydrogen-bond acceptors (Lipinski definition) is 7. The molecule has 0 radical (unpaired) electrons. The first kappa shape index (κ1) is 26.3. The number of nitrogens with zero attached hydrogens (tertiary/aromatic N) is 3. The number of primary amides is 1.